The van der Waals surface area contributed by atoms with E-state index in [1.165, 1.54) is 18.2 Å². The summed E-state index contributed by atoms with van der Waals surface area (Å²) < 4.78 is 10.9. The maximum Gasteiger partial charge on any atom is 0.427 e. The van der Waals surface area contributed by atoms with Crippen LogP contribution in [0.3, 0.4) is 0 Å². The van der Waals surface area contributed by atoms with E-state index >= 15 is 0 Å². The predicted octanol–water partition coefficient (Wildman–Crippen LogP) is 6.33. The Labute approximate surface area is 203 Å². The molecule has 184 valence electrons. The number of carbonyl (C=O) groups excluding carboxylic acids is 2. The van der Waals surface area contributed by atoms with Crippen molar-refractivity contribution in [2.24, 2.45) is 0 Å². The number of hydrogen-bond donors (Lipinski definition) is 1. The Morgan fingerprint density at radius 2 is 1.43 bits per heavy atom. The molecule has 1 aromatic heterocycles. The highest BCUT2D eigenvalue weighted by atomic mass is 16.6. The number of carbonyl (C=O) groups is 2. The van der Waals surface area contributed by atoms with Crippen molar-refractivity contribution < 1.29 is 24.0 Å². The van der Waals surface area contributed by atoms with E-state index < -0.39 is 28.3 Å². The number of aromatic amines is 1. The number of H-pyrrole nitrogens is 1. The van der Waals surface area contributed by atoms with Crippen molar-refractivity contribution in [3.05, 3.63) is 64.7 Å². The van der Waals surface area contributed by atoms with Gasteiger partial charge in [0.2, 0.25) is 5.95 Å². The minimum Gasteiger partial charge on any atom is -0.443 e. The SMILES string of the molecule is CC(C)(C)OC(=O)N(C(=O)OC(C)(C)C)c1nc(-c2cccc([N+](=O)[O-])c2)c(-c2ccccc2)[nH]1. The molecule has 0 unspecified atom stereocenters. The number of nitrogens with zero attached hydrogens (tertiary/aromatic N) is 3. The molecule has 0 saturated carbocycles. The lowest BCUT2D eigenvalue weighted by molar-refractivity contribution is -0.384. The number of imide groups is 1. The number of nitro groups is 1. The molecule has 0 fully saturated rings. The fraction of sp³-hybridized carbons (Fsp3) is 0.320. The van der Waals surface area contributed by atoms with Crippen LogP contribution in [0.15, 0.2) is 54.6 Å². The molecule has 3 rings (SSSR count). The van der Waals surface area contributed by atoms with Crippen LogP contribution in [0.4, 0.5) is 21.2 Å². The highest BCUT2D eigenvalue weighted by Gasteiger charge is 2.35. The molecule has 2 amide bonds. The molecule has 0 aliphatic carbocycles. The minimum absolute atomic E-state index is 0.123. The number of nitrogens with one attached hydrogen (secondary N) is 1. The van der Waals surface area contributed by atoms with E-state index in [1.54, 1.807) is 47.6 Å². The molecule has 0 aliphatic rings. The van der Waals surface area contributed by atoms with Crippen LogP contribution in [-0.2, 0) is 9.47 Å². The van der Waals surface area contributed by atoms with Crippen LogP contribution >= 0.6 is 0 Å². The van der Waals surface area contributed by atoms with E-state index in [-0.39, 0.29) is 11.6 Å². The zero-order valence-corrected chi connectivity index (χ0v) is 20.5. The second-order valence-electron chi connectivity index (χ2n) is 9.75. The lowest BCUT2D eigenvalue weighted by atomic mass is 10.0. The zero-order valence-electron chi connectivity index (χ0n) is 20.5. The first-order valence-electron chi connectivity index (χ1n) is 10.9. The molecular formula is C25H28N4O6. The molecule has 0 bridgehead atoms. The van der Waals surface area contributed by atoms with Crippen LogP contribution in [0.1, 0.15) is 41.5 Å². The van der Waals surface area contributed by atoms with Gasteiger partial charge in [0.05, 0.1) is 16.3 Å². The van der Waals surface area contributed by atoms with Crippen LogP contribution in [0.5, 0.6) is 0 Å². The van der Waals surface area contributed by atoms with Crippen molar-refractivity contribution in [2.75, 3.05) is 4.90 Å². The normalized spacial score (nSPS) is 11.6. The number of benzene rings is 2. The van der Waals surface area contributed by atoms with Crippen molar-refractivity contribution >= 4 is 23.8 Å². The third-order valence-electron chi connectivity index (χ3n) is 4.45. The molecule has 2 aromatic carbocycles. The van der Waals surface area contributed by atoms with Gasteiger partial charge in [0.1, 0.15) is 11.2 Å². The van der Waals surface area contributed by atoms with Gasteiger partial charge >= 0.3 is 12.2 Å². The Balaban J connectivity index is 2.20. The third kappa shape index (κ3) is 6.44. The molecule has 1 N–H and O–H groups in total. The topological polar surface area (TPSA) is 128 Å². The molecule has 3 aromatic rings. The summed E-state index contributed by atoms with van der Waals surface area (Å²) in [6.45, 7) is 10.0. The summed E-state index contributed by atoms with van der Waals surface area (Å²) in [5, 5.41) is 11.3. The van der Waals surface area contributed by atoms with E-state index in [1.807, 2.05) is 30.3 Å². The summed E-state index contributed by atoms with van der Waals surface area (Å²) in [5.74, 6) is -0.145. The number of aromatic nitrogens is 2. The van der Waals surface area contributed by atoms with Gasteiger partial charge in [-0.1, -0.05) is 42.5 Å². The number of rotatable bonds is 4. The highest BCUT2D eigenvalue weighted by molar-refractivity contribution is 6.08. The molecule has 0 spiro atoms. The lowest BCUT2D eigenvalue weighted by Crippen LogP contribution is -2.44. The average Bonchev–Trinajstić information content (AvgIpc) is 3.16. The van der Waals surface area contributed by atoms with Gasteiger partial charge in [0.15, 0.2) is 0 Å². The first kappa shape index (κ1) is 25.4. The summed E-state index contributed by atoms with van der Waals surface area (Å²) in [5.41, 5.74) is -0.0214. The van der Waals surface area contributed by atoms with Gasteiger partial charge in [0, 0.05) is 23.3 Å². The first-order valence-corrected chi connectivity index (χ1v) is 10.9. The van der Waals surface area contributed by atoms with Gasteiger partial charge in [-0.3, -0.25) is 10.1 Å². The maximum atomic E-state index is 13.1. The van der Waals surface area contributed by atoms with Crippen LogP contribution in [0.25, 0.3) is 22.5 Å². The summed E-state index contributed by atoms with van der Waals surface area (Å²) in [6, 6.07) is 15.0. The summed E-state index contributed by atoms with van der Waals surface area (Å²) in [4.78, 5) is 45.2. The van der Waals surface area contributed by atoms with Crippen molar-refractivity contribution in [2.45, 2.75) is 52.7 Å². The molecular weight excluding hydrogens is 452 g/mol. The number of hydrogen-bond acceptors (Lipinski definition) is 7. The Morgan fingerprint density at radius 3 is 1.94 bits per heavy atom. The van der Waals surface area contributed by atoms with E-state index in [0.29, 0.717) is 27.4 Å². The number of anilines is 1. The van der Waals surface area contributed by atoms with E-state index in [0.717, 1.165) is 0 Å². The van der Waals surface area contributed by atoms with E-state index in [9.17, 15) is 19.7 Å². The Bertz CT molecular complexity index is 1210. The van der Waals surface area contributed by atoms with Crippen LogP contribution in [-0.4, -0.2) is 38.3 Å². The Hall–Kier alpha value is -4.21. The third-order valence-corrected chi connectivity index (χ3v) is 4.45. The standard InChI is InChI=1S/C25H28N4O6/c1-24(2,3)34-22(30)28(23(31)35-25(4,5)6)21-26-19(16-11-8-7-9-12-16)20(27-21)17-13-10-14-18(15-17)29(32)33/h7-15H,1-6H3,(H,26,27). The van der Waals surface area contributed by atoms with Gasteiger partial charge in [0.25, 0.3) is 5.69 Å². The molecule has 1 heterocycles. The molecule has 0 saturated heterocycles. The number of nitro benzene ring substituents is 1. The Morgan fingerprint density at radius 1 is 0.886 bits per heavy atom. The fourth-order valence-electron chi connectivity index (χ4n) is 3.12. The minimum atomic E-state index is -0.981. The van der Waals surface area contributed by atoms with Crippen LogP contribution < -0.4 is 4.90 Å². The van der Waals surface area contributed by atoms with Gasteiger partial charge in [-0.05, 0) is 41.5 Å². The quantitative estimate of drug-likeness (QED) is 0.341. The molecule has 0 aliphatic heterocycles. The van der Waals surface area contributed by atoms with Gasteiger partial charge < -0.3 is 14.5 Å². The van der Waals surface area contributed by atoms with Gasteiger partial charge in [-0.25, -0.2) is 14.6 Å². The maximum absolute atomic E-state index is 13.1. The molecule has 35 heavy (non-hydrogen) atoms. The number of imidazole rings is 1. The molecule has 0 atom stereocenters. The largest absolute Gasteiger partial charge is 0.443 e. The van der Waals surface area contributed by atoms with Crippen molar-refractivity contribution in [1.29, 1.82) is 0 Å². The highest BCUT2D eigenvalue weighted by Crippen LogP contribution is 2.34. The second-order valence-corrected chi connectivity index (χ2v) is 9.75. The van der Waals surface area contributed by atoms with E-state index in [2.05, 4.69) is 9.97 Å². The van der Waals surface area contributed by atoms with Crippen molar-refractivity contribution in [3.63, 3.8) is 0 Å². The van der Waals surface area contributed by atoms with Crippen LogP contribution in [0, 0.1) is 10.1 Å². The lowest BCUT2D eigenvalue weighted by Gasteiger charge is -2.27. The van der Waals surface area contributed by atoms with Crippen LogP contribution in [0.2, 0.25) is 0 Å². The smallest absolute Gasteiger partial charge is 0.427 e. The summed E-state index contributed by atoms with van der Waals surface area (Å²) in [7, 11) is 0. The summed E-state index contributed by atoms with van der Waals surface area (Å²) >= 11 is 0. The first-order chi connectivity index (χ1) is 16.2. The monoisotopic (exact) mass is 480 g/mol. The number of ether oxygens (including phenoxy) is 2. The van der Waals surface area contributed by atoms with Crippen molar-refractivity contribution in [3.8, 4) is 22.5 Å². The van der Waals surface area contributed by atoms with Gasteiger partial charge in [-0.2, -0.15) is 0 Å². The molecule has 0 radical (unpaired) electrons. The summed E-state index contributed by atoms with van der Waals surface area (Å²) in [6.07, 6.45) is -1.96. The average molecular weight is 481 g/mol. The number of non-ortho nitro benzene ring substituents is 1. The molecule has 10 heteroatoms. The number of amides is 2. The van der Waals surface area contributed by atoms with Gasteiger partial charge in [-0.15, -0.1) is 4.90 Å². The second kappa shape index (κ2) is 9.57. The fourth-order valence-corrected chi connectivity index (χ4v) is 3.12. The predicted molar refractivity (Wildman–Crippen MR) is 131 cm³/mol. The van der Waals surface area contributed by atoms with E-state index in [4.69, 9.17) is 9.47 Å². The molecule has 10 nitrogen and oxygen atoms in total. The van der Waals surface area contributed by atoms with Crippen molar-refractivity contribution in [1.82, 2.24) is 9.97 Å². The zero-order chi connectivity index (χ0) is 26.0. The Kier molecular flexibility index (Phi) is 6.95.